The first kappa shape index (κ1) is 13.4. The predicted octanol–water partition coefficient (Wildman–Crippen LogP) is 3.89. The van der Waals surface area contributed by atoms with Crippen molar-refractivity contribution in [1.29, 1.82) is 0 Å². The van der Waals surface area contributed by atoms with E-state index < -0.39 is 0 Å². The first-order valence-electron chi connectivity index (χ1n) is 7.74. The van der Waals surface area contributed by atoms with Gasteiger partial charge in [-0.05, 0) is 30.2 Å². The van der Waals surface area contributed by atoms with E-state index in [0.29, 0.717) is 17.5 Å². The third-order valence-electron chi connectivity index (χ3n) is 4.98. The summed E-state index contributed by atoms with van der Waals surface area (Å²) in [6, 6.07) is 2.93. The molecule has 19 heavy (non-hydrogen) atoms. The van der Waals surface area contributed by atoms with Crippen LogP contribution < -0.4 is 10.2 Å². The molecule has 0 bridgehead atoms. The van der Waals surface area contributed by atoms with E-state index in [1.54, 1.807) is 0 Å². The van der Waals surface area contributed by atoms with Crippen LogP contribution in [0.25, 0.3) is 0 Å². The largest absolute Gasteiger partial charge is 0.364 e. The molecule has 2 nitrogen and oxygen atoms in total. The molecule has 1 aliphatic carbocycles. The zero-order valence-corrected chi connectivity index (χ0v) is 13.0. The molecule has 1 N–H and O–H groups in total. The highest BCUT2D eigenvalue weighted by Gasteiger charge is 2.40. The predicted molar refractivity (Wildman–Crippen MR) is 84.1 cm³/mol. The van der Waals surface area contributed by atoms with Crippen LogP contribution in [0.2, 0.25) is 0 Å². The fourth-order valence-electron chi connectivity index (χ4n) is 3.79. The maximum absolute atomic E-state index is 3.92. The molecule has 1 saturated carbocycles. The Kier molecular flexibility index (Phi) is 3.86. The number of nitrogens with one attached hydrogen (secondary N) is 1. The van der Waals surface area contributed by atoms with Crippen LogP contribution in [-0.2, 0) is 0 Å². The Morgan fingerprint density at radius 2 is 2.11 bits per heavy atom. The molecular formula is C16H26N2S. The molecule has 2 heterocycles. The maximum atomic E-state index is 3.92. The molecule has 1 unspecified atom stereocenters. The summed E-state index contributed by atoms with van der Waals surface area (Å²) in [7, 11) is 0. The van der Waals surface area contributed by atoms with Gasteiger partial charge in [-0.1, -0.05) is 33.1 Å². The van der Waals surface area contributed by atoms with Gasteiger partial charge in [-0.15, -0.1) is 0 Å². The Morgan fingerprint density at radius 3 is 2.74 bits per heavy atom. The number of hydrogen-bond donors (Lipinski definition) is 1. The minimum absolute atomic E-state index is 0.394. The number of thiophene rings is 1. The van der Waals surface area contributed by atoms with Crippen molar-refractivity contribution in [2.45, 2.75) is 57.5 Å². The smallest absolute Gasteiger partial charge is 0.0478 e. The standard InChI is InChI=1S/C16H26N2S/c1-13(2)15-10-17-16(7-4-3-5-8-16)12-18(15)14-6-9-19-11-14/h6,9,11,13,15,17H,3-5,7-8,10,12H2,1-2H3. The quantitative estimate of drug-likeness (QED) is 0.883. The van der Waals surface area contributed by atoms with Crippen LogP contribution >= 0.6 is 11.3 Å². The van der Waals surface area contributed by atoms with Crippen molar-refractivity contribution in [2.24, 2.45) is 5.92 Å². The van der Waals surface area contributed by atoms with Crippen LogP contribution in [0.15, 0.2) is 16.8 Å². The Hall–Kier alpha value is -0.540. The number of hydrogen-bond acceptors (Lipinski definition) is 3. The topological polar surface area (TPSA) is 15.3 Å². The third-order valence-corrected chi connectivity index (χ3v) is 5.65. The van der Waals surface area contributed by atoms with Gasteiger partial charge in [-0.3, -0.25) is 0 Å². The zero-order valence-electron chi connectivity index (χ0n) is 12.2. The summed E-state index contributed by atoms with van der Waals surface area (Å²) < 4.78 is 0. The summed E-state index contributed by atoms with van der Waals surface area (Å²) >= 11 is 1.82. The SMILES string of the molecule is CC(C)C1CNC2(CCCCC2)CN1c1ccsc1. The highest BCUT2D eigenvalue weighted by molar-refractivity contribution is 7.08. The summed E-state index contributed by atoms with van der Waals surface area (Å²) in [5, 5.41) is 8.45. The maximum Gasteiger partial charge on any atom is 0.0478 e. The Morgan fingerprint density at radius 1 is 1.32 bits per heavy atom. The lowest BCUT2D eigenvalue weighted by Crippen LogP contribution is -2.66. The molecule has 0 amide bonds. The monoisotopic (exact) mass is 278 g/mol. The molecule has 1 aromatic rings. The van der Waals surface area contributed by atoms with E-state index >= 15 is 0 Å². The van der Waals surface area contributed by atoms with Gasteiger partial charge in [-0.25, -0.2) is 0 Å². The van der Waals surface area contributed by atoms with Crippen LogP contribution in [0.5, 0.6) is 0 Å². The summed E-state index contributed by atoms with van der Waals surface area (Å²) in [6.45, 7) is 7.05. The molecule has 1 spiro atoms. The van der Waals surface area contributed by atoms with Gasteiger partial charge in [0.2, 0.25) is 0 Å². The second kappa shape index (κ2) is 5.45. The molecule has 2 aliphatic rings. The van der Waals surface area contributed by atoms with E-state index in [0.717, 1.165) is 6.54 Å². The minimum atomic E-state index is 0.394. The van der Waals surface area contributed by atoms with Crippen molar-refractivity contribution in [1.82, 2.24) is 5.32 Å². The van der Waals surface area contributed by atoms with Crippen molar-refractivity contribution in [2.75, 3.05) is 18.0 Å². The van der Waals surface area contributed by atoms with Gasteiger partial charge in [0.05, 0.1) is 0 Å². The summed E-state index contributed by atoms with van der Waals surface area (Å²) in [6.07, 6.45) is 6.94. The molecule has 1 aromatic heterocycles. The van der Waals surface area contributed by atoms with Crippen molar-refractivity contribution in [3.8, 4) is 0 Å². The van der Waals surface area contributed by atoms with E-state index in [1.165, 1.54) is 44.3 Å². The molecule has 1 aliphatic heterocycles. The highest BCUT2D eigenvalue weighted by atomic mass is 32.1. The molecule has 3 rings (SSSR count). The van der Waals surface area contributed by atoms with Crippen molar-refractivity contribution < 1.29 is 0 Å². The van der Waals surface area contributed by atoms with Gasteiger partial charge in [0, 0.05) is 35.7 Å². The third kappa shape index (κ3) is 2.68. The van der Waals surface area contributed by atoms with E-state index in [1.807, 2.05) is 11.3 Å². The molecule has 2 fully saturated rings. The number of piperazine rings is 1. The fraction of sp³-hybridized carbons (Fsp3) is 0.750. The van der Waals surface area contributed by atoms with E-state index in [2.05, 4.69) is 40.9 Å². The van der Waals surface area contributed by atoms with Gasteiger partial charge in [0.1, 0.15) is 0 Å². The van der Waals surface area contributed by atoms with Gasteiger partial charge in [0.25, 0.3) is 0 Å². The normalized spacial score (nSPS) is 27.1. The minimum Gasteiger partial charge on any atom is -0.364 e. The van der Waals surface area contributed by atoms with E-state index in [-0.39, 0.29) is 0 Å². The van der Waals surface area contributed by atoms with Crippen molar-refractivity contribution >= 4 is 17.0 Å². The molecule has 106 valence electrons. The second-order valence-corrected chi connectivity index (χ2v) is 7.42. The van der Waals surface area contributed by atoms with E-state index in [9.17, 15) is 0 Å². The van der Waals surface area contributed by atoms with Gasteiger partial charge in [-0.2, -0.15) is 11.3 Å². The van der Waals surface area contributed by atoms with Gasteiger partial charge >= 0.3 is 0 Å². The van der Waals surface area contributed by atoms with Crippen LogP contribution in [0.1, 0.15) is 46.0 Å². The van der Waals surface area contributed by atoms with Crippen molar-refractivity contribution in [3.05, 3.63) is 16.8 Å². The Bertz CT molecular complexity index is 393. The Labute approximate surface area is 121 Å². The molecule has 1 saturated heterocycles. The second-order valence-electron chi connectivity index (χ2n) is 6.64. The number of rotatable bonds is 2. The van der Waals surface area contributed by atoms with E-state index in [4.69, 9.17) is 0 Å². The van der Waals surface area contributed by atoms with Gasteiger partial charge in [0.15, 0.2) is 0 Å². The summed E-state index contributed by atoms with van der Waals surface area (Å²) in [5.41, 5.74) is 1.83. The van der Waals surface area contributed by atoms with Crippen molar-refractivity contribution in [3.63, 3.8) is 0 Å². The molecule has 0 aromatic carbocycles. The first-order chi connectivity index (χ1) is 9.20. The van der Waals surface area contributed by atoms with Crippen LogP contribution in [0, 0.1) is 5.92 Å². The lowest BCUT2D eigenvalue weighted by Gasteiger charge is -2.51. The molecule has 1 atom stereocenters. The van der Waals surface area contributed by atoms with Crippen LogP contribution in [-0.4, -0.2) is 24.7 Å². The summed E-state index contributed by atoms with van der Waals surface area (Å²) in [5.74, 6) is 0.702. The molecular weight excluding hydrogens is 252 g/mol. The average molecular weight is 278 g/mol. The number of anilines is 1. The average Bonchev–Trinajstić information content (AvgIpc) is 2.93. The van der Waals surface area contributed by atoms with Gasteiger partial charge < -0.3 is 10.2 Å². The van der Waals surface area contributed by atoms with Crippen LogP contribution in [0.3, 0.4) is 0 Å². The molecule has 0 radical (unpaired) electrons. The summed E-state index contributed by atoms with van der Waals surface area (Å²) in [4.78, 5) is 2.68. The lowest BCUT2D eigenvalue weighted by atomic mass is 9.78. The fourth-order valence-corrected chi connectivity index (χ4v) is 4.44. The Balaban J connectivity index is 1.82. The van der Waals surface area contributed by atoms with Crippen LogP contribution in [0.4, 0.5) is 5.69 Å². The number of nitrogens with zero attached hydrogens (tertiary/aromatic N) is 1. The first-order valence-corrected chi connectivity index (χ1v) is 8.68. The lowest BCUT2D eigenvalue weighted by molar-refractivity contribution is 0.184. The molecule has 3 heteroatoms. The zero-order chi connectivity index (χ0) is 13.3. The highest BCUT2D eigenvalue weighted by Crippen LogP contribution is 2.35.